The lowest BCUT2D eigenvalue weighted by molar-refractivity contribution is 0.284. The van der Waals surface area contributed by atoms with Crippen molar-refractivity contribution in [3.63, 3.8) is 0 Å². The van der Waals surface area contributed by atoms with Crippen LogP contribution >= 0.6 is 0 Å². The third kappa shape index (κ3) is 2.86. The van der Waals surface area contributed by atoms with Crippen molar-refractivity contribution in [1.29, 1.82) is 0 Å². The van der Waals surface area contributed by atoms with Gasteiger partial charge in [-0.3, -0.25) is 5.84 Å². The molecule has 0 amide bonds. The minimum atomic E-state index is -0.241. The third-order valence-corrected chi connectivity index (χ3v) is 4.34. The van der Waals surface area contributed by atoms with E-state index in [2.05, 4.69) is 5.43 Å². The van der Waals surface area contributed by atoms with Crippen molar-refractivity contribution in [1.82, 2.24) is 5.43 Å². The molecule has 0 aliphatic heterocycles. The normalized spacial score (nSPS) is 18.5. The molecule has 0 bridgehead atoms. The van der Waals surface area contributed by atoms with E-state index < -0.39 is 0 Å². The maximum Gasteiger partial charge on any atom is 0.134 e. The summed E-state index contributed by atoms with van der Waals surface area (Å²) in [6.07, 6.45) is 7.50. The molecule has 2 aromatic rings. The molecule has 1 aromatic heterocycles. The largest absolute Gasteiger partial charge is 0.459 e. The summed E-state index contributed by atoms with van der Waals surface area (Å²) in [6.45, 7) is 0. The topological polar surface area (TPSA) is 51.2 Å². The predicted molar refractivity (Wildman–Crippen MR) is 77.4 cm³/mol. The van der Waals surface area contributed by atoms with Crippen LogP contribution in [0.4, 0.5) is 4.39 Å². The highest BCUT2D eigenvalue weighted by molar-refractivity contribution is 5.78. The molecule has 108 valence electrons. The Morgan fingerprint density at radius 2 is 2.05 bits per heavy atom. The molecular formula is C16H21FN2O. The molecule has 3 rings (SSSR count). The van der Waals surface area contributed by atoms with Gasteiger partial charge in [0.15, 0.2) is 0 Å². The zero-order chi connectivity index (χ0) is 13.9. The Hall–Kier alpha value is -1.39. The van der Waals surface area contributed by atoms with Crippen molar-refractivity contribution in [2.45, 2.75) is 44.6 Å². The Balaban J connectivity index is 1.79. The summed E-state index contributed by atoms with van der Waals surface area (Å²) < 4.78 is 19.0. The van der Waals surface area contributed by atoms with Gasteiger partial charge in [-0.05, 0) is 36.6 Å². The molecule has 1 aliphatic carbocycles. The van der Waals surface area contributed by atoms with E-state index in [0.717, 1.165) is 17.6 Å². The predicted octanol–water partition coefficient (Wildman–Crippen LogP) is 4.05. The molecule has 1 unspecified atom stereocenters. The second kappa shape index (κ2) is 5.94. The van der Waals surface area contributed by atoms with E-state index in [1.165, 1.54) is 44.2 Å². The first-order valence-corrected chi connectivity index (χ1v) is 7.41. The molecule has 1 aliphatic rings. The van der Waals surface area contributed by atoms with Gasteiger partial charge in [-0.25, -0.2) is 9.82 Å². The van der Waals surface area contributed by atoms with Gasteiger partial charge in [-0.1, -0.05) is 32.1 Å². The van der Waals surface area contributed by atoms with E-state index in [1.54, 1.807) is 6.07 Å². The lowest BCUT2D eigenvalue weighted by Crippen LogP contribution is -2.29. The first-order valence-electron chi connectivity index (χ1n) is 7.41. The van der Waals surface area contributed by atoms with Crippen LogP contribution in [-0.4, -0.2) is 0 Å². The van der Waals surface area contributed by atoms with Gasteiger partial charge in [0, 0.05) is 5.39 Å². The van der Waals surface area contributed by atoms with Crippen LogP contribution in [0.2, 0.25) is 0 Å². The number of furan rings is 1. The van der Waals surface area contributed by atoms with E-state index in [-0.39, 0.29) is 11.9 Å². The molecule has 3 N–H and O–H groups in total. The van der Waals surface area contributed by atoms with Gasteiger partial charge in [-0.2, -0.15) is 0 Å². The highest BCUT2D eigenvalue weighted by Crippen LogP contribution is 2.33. The summed E-state index contributed by atoms with van der Waals surface area (Å²) in [7, 11) is 0. The van der Waals surface area contributed by atoms with Gasteiger partial charge in [0.05, 0.1) is 6.04 Å². The number of hydrazine groups is 1. The molecule has 0 spiro atoms. The van der Waals surface area contributed by atoms with E-state index in [0.29, 0.717) is 11.5 Å². The number of rotatable bonds is 4. The van der Waals surface area contributed by atoms with Gasteiger partial charge in [0.25, 0.3) is 0 Å². The second-order valence-electron chi connectivity index (χ2n) is 5.79. The summed E-state index contributed by atoms with van der Waals surface area (Å²) in [6, 6.07) is 6.49. The molecule has 1 fully saturated rings. The van der Waals surface area contributed by atoms with Crippen LogP contribution in [0.3, 0.4) is 0 Å². The molecular weight excluding hydrogens is 255 g/mol. The standard InChI is InChI=1S/C16H21FN2O/c17-13-6-7-15-12(9-13)10-16(20-15)14(19-18)8-11-4-2-1-3-5-11/h6-7,9-11,14,19H,1-5,8,18H2. The van der Waals surface area contributed by atoms with E-state index in [1.807, 2.05) is 6.07 Å². The number of fused-ring (bicyclic) bond motifs is 1. The monoisotopic (exact) mass is 276 g/mol. The zero-order valence-electron chi connectivity index (χ0n) is 11.6. The zero-order valence-corrected chi connectivity index (χ0v) is 11.6. The maximum absolute atomic E-state index is 13.2. The van der Waals surface area contributed by atoms with Gasteiger partial charge in [0.2, 0.25) is 0 Å². The van der Waals surface area contributed by atoms with Crippen LogP contribution in [0.1, 0.15) is 50.3 Å². The number of nitrogens with one attached hydrogen (secondary N) is 1. The van der Waals surface area contributed by atoms with Crippen molar-refractivity contribution in [3.8, 4) is 0 Å². The quantitative estimate of drug-likeness (QED) is 0.654. The molecule has 4 heteroatoms. The van der Waals surface area contributed by atoms with Crippen LogP contribution in [0.25, 0.3) is 11.0 Å². The minimum Gasteiger partial charge on any atom is -0.459 e. The lowest BCUT2D eigenvalue weighted by Gasteiger charge is -2.25. The van der Waals surface area contributed by atoms with E-state index in [9.17, 15) is 4.39 Å². The summed E-state index contributed by atoms with van der Waals surface area (Å²) in [5, 5.41) is 0.795. The number of hydrogen-bond acceptors (Lipinski definition) is 3. The van der Waals surface area contributed by atoms with Gasteiger partial charge in [-0.15, -0.1) is 0 Å². The highest BCUT2D eigenvalue weighted by Gasteiger charge is 2.22. The fraction of sp³-hybridized carbons (Fsp3) is 0.500. The minimum absolute atomic E-state index is 0.00793. The Bertz CT molecular complexity index is 575. The van der Waals surface area contributed by atoms with Crippen LogP contribution in [0.15, 0.2) is 28.7 Å². The van der Waals surface area contributed by atoms with E-state index >= 15 is 0 Å². The molecule has 3 nitrogen and oxygen atoms in total. The smallest absolute Gasteiger partial charge is 0.134 e. The Labute approximate surface area is 118 Å². The average molecular weight is 276 g/mol. The number of nitrogens with two attached hydrogens (primary N) is 1. The van der Waals surface area contributed by atoms with Crippen molar-refractivity contribution in [2.75, 3.05) is 0 Å². The summed E-state index contributed by atoms with van der Waals surface area (Å²) in [4.78, 5) is 0. The van der Waals surface area contributed by atoms with Gasteiger partial charge >= 0.3 is 0 Å². The van der Waals surface area contributed by atoms with Crippen LogP contribution in [-0.2, 0) is 0 Å². The van der Waals surface area contributed by atoms with Crippen LogP contribution in [0.5, 0.6) is 0 Å². The summed E-state index contributed by atoms with van der Waals surface area (Å²) in [5.41, 5.74) is 3.57. The highest BCUT2D eigenvalue weighted by atomic mass is 19.1. The second-order valence-corrected chi connectivity index (χ2v) is 5.79. The number of hydrogen-bond donors (Lipinski definition) is 2. The molecule has 1 atom stereocenters. The summed E-state index contributed by atoms with van der Waals surface area (Å²) >= 11 is 0. The Morgan fingerprint density at radius 1 is 1.25 bits per heavy atom. The first kappa shape index (κ1) is 13.6. The van der Waals surface area contributed by atoms with Crippen molar-refractivity contribution in [3.05, 3.63) is 35.8 Å². The van der Waals surface area contributed by atoms with Gasteiger partial charge in [0.1, 0.15) is 17.2 Å². The number of benzene rings is 1. The maximum atomic E-state index is 13.2. The Morgan fingerprint density at radius 3 is 2.80 bits per heavy atom. The first-order chi connectivity index (χ1) is 9.76. The molecule has 0 saturated heterocycles. The molecule has 1 aromatic carbocycles. The molecule has 20 heavy (non-hydrogen) atoms. The van der Waals surface area contributed by atoms with Crippen molar-refractivity contribution >= 4 is 11.0 Å². The lowest BCUT2D eigenvalue weighted by atomic mass is 9.84. The van der Waals surface area contributed by atoms with Gasteiger partial charge < -0.3 is 4.42 Å². The average Bonchev–Trinajstić information content (AvgIpc) is 2.88. The fourth-order valence-corrected chi connectivity index (χ4v) is 3.23. The van der Waals surface area contributed by atoms with Crippen molar-refractivity contribution in [2.24, 2.45) is 11.8 Å². The van der Waals surface area contributed by atoms with Crippen LogP contribution < -0.4 is 11.3 Å². The Kier molecular flexibility index (Phi) is 4.03. The van der Waals surface area contributed by atoms with Crippen molar-refractivity contribution < 1.29 is 8.81 Å². The fourth-order valence-electron chi connectivity index (χ4n) is 3.23. The molecule has 1 saturated carbocycles. The van der Waals surface area contributed by atoms with Crippen LogP contribution in [0, 0.1) is 11.7 Å². The number of halogens is 1. The summed E-state index contributed by atoms with van der Waals surface area (Å²) in [5.74, 6) is 6.96. The van der Waals surface area contributed by atoms with E-state index in [4.69, 9.17) is 10.3 Å². The SMILES string of the molecule is NNC(CC1CCCCC1)c1cc2cc(F)ccc2o1. The third-order valence-electron chi connectivity index (χ3n) is 4.34. The molecule has 1 heterocycles. The molecule has 0 radical (unpaired) electrons.